The fourth-order valence-electron chi connectivity index (χ4n) is 3.22. The van der Waals surface area contributed by atoms with E-state index in [4.69, 9.17) is 14.2 Å². The Balaban J connectivity index is 2.33. The first-order valence-electron chi connectivity index (χ1n) is 10.4. The molecule has 33 heavy (non-hydrogen) atoms. The highest BCUT2D eigenvalue weighted by Gasteiger charge is 2.24. The van der Waals surface area contributed by atoms with Gasteiger partial charge in [-0.2, -0.15) is 5.26 Å². The molecule has 0 saturated heterocycles. The predicted octanol–water partition coefficient (Wildman–Crippen LogP) is 3.12. The Bertz CT molecular complexity index is 1120. The van der Waals surface area contributed by atoms with Crippen LogP contribution in [0, 0.1) is 25.2 Å². The van der Waals surface area contributed by atoms with Gasteiger partial charge in [-0.25, -0.2) is 4.79 Å². The van der Waals surface area contributed by atoms with Crippen LogP contribution in [0.4, 0.5) is 0 Å². The van der Waals surface area contributed by atoms with Gasteiger partial charge in [0.2, 0.25) is 5.78 Å². The van der Waals surface area contributed by atoms with Crippen molar-refractivity contribution in [2.24, 2.45) is 0 Å². The molecular formula is C24H27N3O6. The summed E-state index contributed by atoms with van der Waals surface area (Å²) >= 11 is 0. The number of allylic oxidation sites excluding steroid dienone is 1. The minimum absolute atomic E-state index is 0.132. The molecule has 0 aliphatic heterocycles. The lowest BCUT2D eigenvalue weighted by molar-refractivity contribution is -0.123. The third-order valence-electron chi connectivity index (χ3n) is 4.74. The van der Waals surface area contributed by atoms with E-state index in [2.05, 4.69) is 10.3 Å². The predicted molar refractivity (Wildman–Crippen MR) is 121 cm³/mol. The van der Waals surface area contributed by atoms with E-state index in [0.29, 0.717) is 34.9 Å². The van der Waals surface area contributed by atoms with Crippen molar-refractivity contribution in [3.63, 3.8) is 0 Å². The lowest BCUT2D eigenvalue weighted by Gasteiger charge is -2.11. The number of hydrogen-bond donors (Lipinski definition) is 2. The highest BCUT2D eigenvalue weighted by atomic mass is 16.5. The molecule has 0 spiro atoms. The number of H-pyrrole nitrogens is 1. The van der Waals surface area contributed by atoms with Crippen molar-refractivity contribution < 1.29 is 28.6 Å². The van der Waals surface area contributed by atoms with E-state index >= 15 is 0 Å². The summed E-state index contributed by atoms with van der Waals surface area (Å²) in [6, 6.07) is 6.73. The average molecular weight is 453 g/mol. The highest BCUT2D eigenvalue weighted by Crippen LogP contribution is 2.29. The van der Waals surface area contributed by atoms with Crippen LogP contribution in [0.1, 0.15) is 51.5 Å². The van der Waals surface area contributed by atoms with Crippen molar-refractivity contribution in [3.05, 3.63) is 51.9 Å². The van der Waals surface area contributed by atoms with Crippen molar-refractivity contribution in [3.8, 4) is 17.6 Å². The standard InChI is InChI=1S/C24H27N3O6/c1-6-26-20(28)13-33-18-9-8-16(11-19(18)31-5)10-17(12-25)23(29)22-14(3)21(15(4)27-22)24(30)32-7-2/h8-11,27H,6-7,13H2,1-5H3,(H,26,28)/b17-10+. The van der Waals surface area contributed by atoms with Gasteiger partial charge in [0.1, 0.15) is 11.6 Å². The van der Waals surface area contributed by atoms with Gasteiger partial charge in [-0.1, -0.05) is 6.07 Å². The fourth-order valence-corrected chi connectivity index (χ4v) is 3.22. The lowest BCUT2D eigenvalue weighted by Crippen LogP contribution is -2.28. The topological polar surface area (TPSA) is 131 Å². The lowest BCUT2D eigenvalue weighted by atomic mass is 10.0. The van der Waals surface area contributed by atoms with Crippen LogP contribution in [0.5, 0.6) is 11.5 Å². The van der Waals surface area contributed by atoms with E-state index in [-0.39, 0.29) is 36.0 Å². The number of hydrogen-bond acceptors (Lipinski definition) is 7. The van der Waals surface area contributed by atoms with Crippen molar-refractivity contribution >= 4 is 23.7 Å². The molecule has 2 N–H and O–H groups in total. The first kappa shape index (κ1) is 25.2. The Morgan fingerprint density at radius 3 is 2.52 bits per heavy atom. The van der Waals surface area contributed by atoms with Gasteiger partial charge in [0, 0.05) is 12.2 Å². The Labute approximate surface area is 192 Å². The molecule has 9 nitrogen and oxygen atoms in total. The number of nitriles is 1. The molecule has 2 rings (SSSR count). The first-order valence-corrected chi connectivity index (χ1v) is 10.4. The zero-order chi connectivity index (χ0) is 24.5. The number of aryl methyl sites for hydroxylation is 1. The monoisotopic (exact) mass is 453 g/mol. The van der Waals surface area contributed by atoms with Crippen molar-refractivity contribution in [1.82, 2.24) is 10.3 Å². The zero-order valence-electron chi connectivity index (χ0n) is 19.3. The van der Waals surface area contributed by atoms with E-state index in [1.165, 1.54) is 13.2 Å². The number of benzene rings is 1. The molecule has 0 aliphatic rings. The van der Waals surface area contributed by atoms with Gasteiger partial charge in [-0.05, 0) is 57.0 Å². The minimum Gasteiger partial charge on any atom is -0.493 e. The summed E-state index contributed by atoms with van der Waals surface area (Å²) in [7, 11) is 1.44. The van der Waals surface area contributed by atoms with Crippen LogP contribution in [0.25, 0.3) is 6.08 Å². The number of nitrogens with one attached hydrogen (secondary N) is 2. The summed E-state index contributed by atoms with van der Waals surface area (Å²) in [5.41, 5.74) is 1.73. The number of carbonyl (C=O) groups excluding carboxylic acids is 3. The number of aromatic amines is 1. The van der Waals surface area contributed by atoms with E-state index in [0.717, 1.165) is 0 Å². The summed E-state index contributed by atoms with van der Waals surface area (Å²) in [4.78, 5) is 39.7. The second-order valence-corrected chi connectivity index (χ2v) is 7.00. The SMILES string of the molecule is CCNC(=O)COc1ccc(/C=C(\C#N)C(=O)c2[nH]c(C)c(C(=O)OCC)c2C)cc1OC. The molecule has 2 aromatic rings. The maximum atomic E-state index is 13.0. The highest BCUT2D eigenvalue weighted by molar-refractivity contribution is 6.15. The zero-order valence-corrected chi connectivity index (χ0v) is 19.3. The summed E-state index contributed by atoms with van der Waals surface area (Å²) in [6.07, 6.45) is 1.41. The Kier molecular flexibility index (Phi) is 8.80. The number of amides is 1. The van der Waals surface area contributed by atoms with E-state index < -0.39 is 11.8 Å². The summed E-state index contributed by atoms with van der Waals surface area (Å²) in [5, 5.41) is 12.2. The number of esters is 1. The van der Waals surface area contributed by atoms with Gasteiger partial charge in [-0.15, -0.1) is 0 Å². The maximum absolute atomic E-state index is 13.0. The van der Waals surface area contributed by atoms with Gasteiger partial charge in [0.25, 0.3) is 5.91 Å². The number of nitrogens with zero attached hydrogens (tertiary/aromatic N) is 1. The van der Waals surface area contributed by atoms with Crippen molar-refractivity contribution in [2.45, 2.75) is 27.7 Å². The average Bonchev–Trinajstić information content (AvgIpc) is 3.10. The second-order valence-electron chi connectivity index (χ2n) is 7.00. The Hall–Kier alpha value is -4.06. The summed E-state index contributed by atoms with van der Waals surface area (Å²) in [5.74, 6) is -0.656. The van der Waals surface area contributed by atoms with Gasteiger partial charge in [-0.3, -0.25) is 9.59 Å². The van der Waals surface area contributed by atoms with Crippen LogP contribution < -0.4 is 14.8 Å². The molecular weight excluding hydrogens is 426 g/mol. The van der Waals surface area contributed by atoms with E-state index in [1.54, 1.807) is 45.9 Å². The van der Waals surface area contributed by atoms with E-state index in [9.17, 15) is 19.6 Å². The molecule has 9 heteroatoms. The van der Waals surface area contributed by atoms with Crippen LogP contribution in [-0.4, -0.2) is 49.5 Å². The number of rotatable bonds is 10. The van der Waals surface area contributed by atoms with Gasteiger partial charge in [0.15, 0.2) is 18.1 Å². The Morgan fingerprint density at radius 1 is 1.18 bits per heavy atom. The number of methoxy groups -OCH3 is 1. The van der Waals surface area contributed by atoms with Crippen LogP contribution in [-0.2, 0) is 9.53 Å². The van der Waals surface area contributed by atoms with Gasteiger partial charge < -0.3 is 24.5 Å². The molecule has 0 bridgehead atoms. The normalized spacial score (nSPS) is 10.8. The fraction of sp³-hybridized carbons (Fsp3) is 0.333. The van der Waals surface area contributed by atoms with Gasteiger partial charge in [0.05, 0.1) is 25.0 Å². The number of likely N-dealkylation sites (N-methyl/N-ethyl adjacent to an activating group) is 1. The molecule has 0 saturated carbocycles. The number of ether oxygens (including phenoxy) is 3. The van der Waals surface area contributed by atoms with Crippen molar-refractivity contribution in [2.75, 3.05) is 26.9 Å². The number of aromatic nitrogens is 1. The summed E-state index contributed by atoms with van der Waals surface area (Å²) < 4.78 is 15.8. The number of Topliss-reactive ketones (excluding diaryl/α,β-unsaturated/α-hetero) is 1. The van der Waals surface area contributed by atoms with Crippen LogP contribution in [0.15, 0.2) is 23.8 Å². The Morgan fingerprint density at radius 2 is 1.91 bits per heavy atom. The number of carbonyl (C=O) groups is 3. The molecule has 174 valence electrons. The molecule has 0 radical (unpaired) electrons. The molecule has 0 fully saturated rings. The largest absolute Gasteiger partial charge is 0.493 e. The third-order valence-corrected chi connectivity index (χ3v) is 4.74. The quantitative estimate of drug-likeness (QED) is 0.245. The second kappa shape index (κ2) is 11.5. The minimum atomic E-state index is -0.552. The van der Waals surface area contributed by atoms with Gasteiger partial charge >= 0.3 is 5.97 Å². The van der Waals surface area contributed by atoms with Crippen molar-refractivity contribution in [1.29, 1.82) is 5.26 Å². The molecule has 0 unspecified atom stereocenters. The smallest absolute Gasteiger partial charge is 0.340 e. The molecule has 1 aromatic carbocycles. The molecule has 0 atom stereocenters. The first-order chi connectivity index (χ1) is 15.8. The summed E-state index contributed by atoms with van der Waals surface area (Å²) in [6.45, 7) is 7.33. The molecule has 1 heterocycles. The number of ketones is 1. The molecule has 0 aliphatic carbocycles. The third kappa shape index (κ3) is 6.01. The van der Waals surface area contributed by atoms with Crippen LogP contribution in [0.2, 0.25) is 0 Å². The maximum Gasteiger partial charge on any atom is 0.340 e. The molecule has 1 amide bonds. The van der Waals surface area contributed by atoms with E-state index in [1.807, 2.05) is 6.07 Å². The van der Waals surface area contributed by atoms with Crippen LogP contribution >= 0.6 is 0 Å². The molecule has 1 aromatic heterocycles. The van der Waals surface area contributed by atoms with Crippen LogP contribution in [0.3, 0.4) is 0 Å².